The van der Waals surface area contributed by atoms with Gasteiger partial charge in [0.25, 0.3) is 0 Å². The van der Waals surface area contributed by atoms with Crippen LogP contribution in [0.25, 0.3) is 0 Å². The average molecular weight is 363 g/mol. The molecular weight excluding hydrogens is 336 g/mol. The SMILES string of the molecule is CCCC(N)C(=O)NCCc1ccc(OCc2ccccc2)cc1.Cl. The predicted molar refractivity (Wildman–Crippen MR) is 104 cm³/mol. The van der Waals surface area contributed by atoms with Crippen molar-refractivity contribution >= 4 is 18.3 Å². The number of nitrogens with one attached hydrogen (secondary N) is 1. The van der Waals surface area contributed by atoms with Crippen LogP contribution in [0.3, 0.4) is 0 Å². The van der Waals surface area contributed by atoms with Crippen LogP contribution in [0, 0.1) is 0 Å². The minimum absolute atomic E-state index is 0. The summed E-state index contributed by atoms with van der Waals surface area (Å²) in [6.07, 6.45) is 2.42. The molecule has 4 nitrogen and oxygen atoms in total. The molecule has 0 aliphatic heterocycles. The average Bonchev–Trinajstić information content (AvgIpc) is 2.62. The summed E-state index contributed by atoms with van der Waals surface area (Å²) in [4.78, 5) is 11.7. The Kier molecular flexibility index (Phi) is 9.66. The molecule has 3 N–H and O–H groups in total. The zero-order chi connectivity index (χ0) is 17.2. The topological polar surface area (TPSA) is 64.4 Å². The van der Waals surface area contributed by atoms with E-state index in [0.717, 1.165) is 36.1 Å². The molecule has 0 bridgehead atoms. The van der Waals surface area contributed by atoms with Crippen molar-refractivity contribution in [2.45, 2.75) is 38.8 Å². The third kappa shape index (κ3) is 7.59. The van der Waals surface area contributed by atoms with Crippen LogP contribution in [-0.4, -0.2) is 18.5 Å². The van der Waals surface area contributed by atoms with Gasteiger partial charge in [-0.1, -0.05) is 55.8 Å². The highest BCUT2D eigenvalue weighted by atomic mass is 35.5. The quantitative estimate of drug-likeness (QED) is 0.717. The first-order valence-corrected chi connectivity index (χ1v) is 8.48. The van der Waals surface area contributed by atoms with E-state index in [1.54, 1.807) is 0 Å². The van der Waals surface area contributed by atoms with Gasteiger partial charge >= 0.3 is 0 Å². The second kappa shape index (κ2) is 11.5. The van der Waals surface area contributed by atoms with E-state index in [0.29, 0.717) is 13.2 Å². The van der Waals surface area contributed by atoms with Gasteiger partial charge in [-0.15, -0.1) is 12.4 Å². The molecule has 2 aromatic rings. The maximum Gasteiger partial charge on any atom is 0.236 e. The van der Waals surface area contributed by atoms with Crippen molar-refractivity contribution in [3.63, 3.8) is 0 Å². The van der Waals surface area contributed by atoms with Crippen LogP contribution < -0.4 is 15.8 Å². The monoisotopic (exact) mass is 362 g/mol. The van der Waals surface area contributed by atoms with E-state index in [9.17, 15) is 4.79 Å². The lowest BCUT2D eigenvalue weighted by Crippen LogP contribution is -2.41. The van der Waals surface area contributed by atoms with Gasteiger partial charge in [0.05, 0.1) is 6.04 Å². The van der Waals surface area contributed by atoms with Gasteiger partial charge in [0.1, 0.15) is 12.4 Å². The van der Waals surface area contributed by atoms with Gasteiger partial charge < -0.3 is 15.8 Å². The summed E-state index contributed by atoms with van der Waals surface area (Å²) < 4.78 is 5.76. The third-order valence-corrected chi connectivity index (χ3v) is 3.82. The number of carbonyl (C=O) groups excluding carboxylic acids is 1. The van der Waals surface area contributed by atoms with Gasteiger partial charge in [0.15, 0.2) is 0 Å². The number of carbonyl (C=O) groups is 1. The molecule has 1 unspecified atom stereocenters. The summed E-state index contributed by atoms with van der Waals surface area (Å²) in [6.45, 7) is 3.18. The Morgan fingerprint density at radius 2 is 1.76 bits per heavy atom. The normalized spacial score (nSPS) is 11.3. The maximum atomic E-state index is 11.7. The first-order chi connectivity index (χ1) is 11.7. The second-order valence-corrected chi connectivity index (χ2v) is 5.85. The third-order valence-electron chi connectivity index (χ3n) is 3.82. The summed E-state index contributed by atoms with van der Waals surface area (Å²) in [7, 11) is 0. The van der Waals surface area contributed by atoms with Crippen molar-refractivity contribution in [2.24, 2.45) is 5.73 Å². The largest absolute Gasteiger partial charge is 0.489 e. The molecule has 136 valence electrons. The number of rotatable bonds is 9. The lowest BCUT2D eigenvalue weighted by molar-refractivity contribution is -0.122. The number of amides is 1. The molecule has 0 aromatic heterocycles. The minimum Gasteiger partial charge on any atom is -0.489 e. The van der Waals surface area contributed by atoms with Crippen LogP contribution in [0.2, 0.25) is 0 Å². The van der Waals surface area contributed by atoms with Crippen LogP contribution in [0.15, 0.2) is 54.6 Å². The minimum atomic E-state index is -0.399. The van der Waals surface area contributed by atoms with Crippen molar-refractivity contribution in [3.05, 3.63) is 65.7 Å². The fourth-order valence-corrected chi connectivity index (χ4v) is 2.40. The van der Waals surface area contributed by atoms with Crippen molar-refractivity contribution in [3.8, 4) is 5.75 Å². The van der Waals surface area contributed by atoms with Crippen LogP contribution in [-0.2, 0) is 17.8 Å². The molecule has 0 aliphatic rings. The smallest absolute Gasteiger partial charge is 0.236 e. The summed E-state index contributed by atoms with van der Waals surface area (Å²) in [6, 6.07) is 17.7. The molecule has 0 saturated carbocycles. The Balaban J connectivity index is 0.00000312. The van der Waals surface area contributed by atoms with Gasteiger partial charge in [-0.05, 0) is 36.1 Å². The van der Waals surface area contributed by atoms with E-state index >= 15 is 0 Å². The van der Waals surface area contributed by atoms with E-state index < -0.39 is 6.04 Å². The second-order valence-electron chi connectivity index (χ2n) is 5.85. The van der Waals surface area contributed by atoms with Gasteiger partial charge in [0.2, 0.25) is 5.91 Å². The molecule has 1 atom stereocenters. The van der Waals surface area contributed by atoms with Gasteiger partial charge in [-0.3, -0.25) is 4.79 Å². The molecule has 2 rings (SSSR count). The van der Waals surface area contributed by atoms with Gasteiger partial charge in [-0.2, -0.15) is 0 Å². The lowest BCUT2D eigenvalue weighted by Gasteiger charge is -2.11. The lowest BCUT2D eigenvalue weighted by atomic mass is 10.1. The van der Waals surface area contributed by atoms with Gasteiger partial charge in [0, 0.05) is 6.54 Å². The maximum absolute atomic E-state index is 11.7. The Hall–Kier alpha value is -2.04. The van der Waals surface area contributed by atoms with Gasteiger partial charge in [-0.25, -0.2) is 0 Å². The highest BCUT2D eigenvalue weighted by Gasteiger charge is 2.10. The van der Waals surface area contributed by atoms with Crippen molar-refractivity contribution in [1.82, 2.24) is 5.32 Å². The molecule has 0 saturated heterocycles. The zero-order valence-electron chi connectivity index (χ0n) is 14.6. The van der Waals surface area contributed by atoms with E-state index in [1.165, 1.54) is 0 Å². The number of nitrogens with two attached hydrogens (primary N) is 1. The highest BCUT2D eigenvalue weighted by Crippen LogP contribution is 2.14. The van der Waals surface area contributed by atoms with Crippen LogP contribution in [0.1, 0.15) is 30.9 Å². The first-order valence-electron chi connectivity index (χ1n) is 8.48. The molecule has 0 radical (unpaired) electrons. The summed E-state index contributed by atoms with van der Waals surface area (Å²) in [5, 5.41) is 2.88. The fourth-order valence-electron chi connectivity index (χ4n) is 2.40. The Bertz CT molecular complexity index is 617. The molecule has 0 aliphatic carbocycles. The number of benzene rings is 2. The number of ether oxygens (including phenoxy) is 1. The van der Waals surface area contributed by atoms with Crippen molar-refractivity contribution < 1.29 is 9.53 Å². The van der Waals surface area contributed by atoms with E-state index in [1.807, 2.05) is 61.5 Å². The summed E-state index contributed by atoms with van der Waals surface area (Å²) in [5.41, 5.74) is 8.08. The molecule has 1 amide bonds. The van der Waals surface area contributed by atoms with Crippen molar-refractivity contribution in [1.29, 1.82) is 0 Å². The molecule has 0 fully saturated rings. The Morgan fingerprint density at radius 1 is 1.08 bits per heavy atom. The summed E-state index contributed by atoms with van der Waals surface area (Å²) >= 11 is 0. The van der Waals surface area contributed by atoms with Crippen LogP contribution in [0.5, 0.6) is 5.75 Å². The standard InChI is InChI=1S/C20H26N2O2.ClH/c1-2-6-19(21)20(23)22-14-13-16-9-11-18(12-10-16)24-15-17-7-4-3-5-8-17;/h3-5,7-12,19H,2,6,13-15,21H2,1H3,(H,22,23);1H. The van der Waals surface area contributed by atoms with Crippen LogP contribution >= 0.6 is 12.4 Å². The van der Waals surface area contributed by atoms with Crippen molar-refractivity contribution in [2.75, 3.05) is 6.54 Å². The number of hydrogen-bond acceptors (Lipinski definition) is 3. The number of halogens is 1. The zero-order valence-corrected chi connectivity index (χ0v) is 15.4. The molecule has 25 heavy (non-hydrogen) atoms. The Morgan fingerprint density at radius 3 is 2.40 bits per heavy atom. The molecule has 0 spiro atoms. The van der Waals surface area contributed by atoms with Crippen LogP contribution in [0.4, 0.5) is 0 Å². The number of hydrogen-bond donors (Lipinski definition) is 2. The van der Waals surface area contributed by atoms with E-state index in [-0.39, 0.29) is 18.3 Å². The van der Waals surface area contributed by atoms with E-state index in [4.69, 9.17) is 10.5 Å². The Labute approximate surface area is 156 Å². The molecule has 2 aromatic carbocycles. The fraction of sp³-hybridized carbons (Fsp3) is 0.350. The molecule has 5 heteroatoms. The first kappa shape index (κ1) is 21.0. The van der Waals surface area contributed by atoms with E-state index in [2.05, 4.69) is 5.32 Å². The summed E-state index contributed by atoms with van der Waals surface area (Å²) in [5.74, 6) is 0.774. The predicted octanol–water partition coefficient (Wildman–Crippen LogP) is 3.47. The molecule has 0 heterocycles. The molecular formula is C20H27ClN2O2. The highest BCUT2D eigenvalue weighted by molar-refractivity contribution is 5.85.